The number of rotatable bonds is 7. The van der Waals surface area contributed by atoms with Crippen molar-refractivity contribution in [2.75, 3.05) is 21.2 Å². The number of hydrogen-bond donors (Lipinski definition) is 4. The van der Waals surface area contributed by atoms with E-state index in [2.05, 4.69) is 5.32 Å². The van der Waals surface area contributed by atoms with Crippen LogP contribution in [0.15, 0.2) is 11.3 Å². The minimum Gasteiger partial charge on any atom is -0.489 e. The lowest BCUT2D eigenvalue weighted by molar-refractivity contribution is -0.308. The second kappa shape index (κ2) is 15.3. The van der Waals surface area contributed by atoms with Crippen molar-refractivity contribution in [1.82, 2.24) is 10.2 Å². The second-order valence-corrected chi connectivity index (χ2v) is 16.5. The topological polar surface area (TPSA) is 148 Å². The van der Waals surface area contributed by atoms with Crippen LogP contribution in [0.2, 0.25) is 0 Å². The van der Waals surface area contributed by atoms with Crippen molar-refractivity contribution in [2.24, 2.45) is 17.8 Å². The zero-order chi connectivity index (χ0) is 36.8. The number of aliphatic hydroxyl groups excluding tert-OH is 2. The van der Waals surface area contributed by atoms with Crippen LogP contribution in [0.3, 0.4) is 0 Å². The highest BCUT2D eigenvalue weighted by atomic mass is 16.7. The number of fused-ring (bicyclic) bond motifs is 2. The molecule has 0 radical (unpaired) electrons. The molecule has 284 valence electrons. The van der Waals surface area contributed by atoms with Crippen molar-refractivity contribution >= 4 is 5.91 Å². The fourth-order valence-corrected chi connectivity index (χ4v) is 8.91. The fourth-order valence-electron chi connectivity index (χ4n) is 8.91. The highest BCUT2D eigenvalue weighted by Crippen LogP contribution is 2.47. The molecular weight excluding hydrogens is 632 g/mol. The molecule has 0 aliphatic carbocycles. The van der Waals surface area contributed by atoms with Gasteiger partial charge in [0.15, 0.2) is 12.6 Å². The Balaban J connectivity index is 1.83. The minimum absolute atomic E-state index is 0.146. The van der Waals surface area contributed by atoms with Crippen LogP contribution >= 0.6 is 0 Å². The monoisotopic (exact) mass is 698 g/mol. The molecule has 3 saturated heterocycles. The molecule has 0 aromatic heterocycles. The molecule has 0 aromatic rings. The number of hydrogen-bond acceptors (Lipinski definition) is 11. The first-order chi connectivity index (χ1) is 22.7. The van der Waals surface area contributed by atoms with Gasteiger partial charge in [0.05, 0.1) is 42.0 Å². The average molecular weight is 699 g/mol. The summed E-state index contributed by atoms with van der Waals surface area (Å²) in [5.41, 5.74) is -2.24. The summed E-state index contributed by atoms with van der Waals surface area (Å²) in [6.45, 7) is 19.0. The standard InChI is InChI=1S/C37H66N2O10/c1-14-26-37(10,43)31(41)22(5)29-19(2)16-36(9,49-29)32(48-34-28(40)25(39(11)12)15-20(3)46-34)23(6)30(24(7)33(42)38-26)47-27-18-35(8,44-13)17-21(4)45-27/h20-28,30-32,34,40-41,43H,14-18H2,1-13H3,(H,38,42)/t20-,21+,22+,23+,24-,25+,26-,27?,28-,30+,31-,32-,34?,35+,36?,37-/m1/s1. The van der Waals surface area contributed by atoms with Crippen LogP contribution in [-0.2, 0) is 33.2 Å². The lowest BCUT2D eigenvalue weighted by Gasteiger charge is -2.48. The molecule has 4 heterocycles. The van der Waals surface area contributed by atoms with E-state index in [-0.39, 0.29) is 24.2 Å². The van der Waals surface area contributed by atoms with Crippen LogP contribution in [0, 0.1) is 17.8 Å². The van der Waals surface area contributed by atoms with Gasteiger partial charge in [0.2, 0.25) is 5.91 Å². The van der Waals surface area contributed by atoms with Crippen LogP contribution in [0.4, 0.5) is 0 Å². The van der Waals surface area contributed by atoms with Crippen molar-refractivity contribution in [3.05, 3.63) is 11.3 Å². The number of carbonyl (C=O) groups is 1. The summed E-state index contributed by atoms with van der Waals surface area (Å²) >= 11 is 0. The first kappa shape index (κ1) is 40.4. The van der Waals surface area contributed by atoms with Gasteiger partial charge in [0.1, 0.15) is 29.2 Å². The van der Waals surface area contributed by atoms with E-state index < -0.39 is 77.6 Å². The van der Waals surface area contributed by atoms with Crippen LogP contribution < -0.4 is 5.32 Å². The van der Waals surface area contributed by atoms with Gasteiger partial charge in [0, 0.05) is 44.2 Å². The summed E-state index contributed by atoms with van der Waals surface area (Å²) in [6.07, 6.45) is -3.08. The summed E-state index contributed by atoms with van der Waals surface area (Å²) in [5, 5.41) is 38.1. The van der Waals surface area contributed by atoms with E-state index in [4.69, 9.17) is 28.4 Å². The largest absolute Gasteiger partial charge is 0.489 e. The first-order valence-corrected chi connectivity index (χ1v) is 18.3. The van der Waals surface area contributed by atoms with Gasteiger partial charge in [0.25, 0.3) is 0 Å². The molecule has 4 rings (SSSR count). The lowest BCUT2D eigenvalue weighted by Crippen LogP contribution is -2.61. The third-order valence-electron chi connectivity index (χ3n) is 11.9. The van der Waals surface area contributed by atoms with E-state index in [1.807, 2.05) is 74.4 Å². The lowest BCUT2D eigenvalue weighted by atomic mass is 9.78. The highest BCUT2D eigenvalue weighted by molar-refractivity contribution is 5.79. The van der Waals surface area contributed by atoms with Crippen LogP contribution in [0.5, 0.6) is 0 Å². The van der Waals surface area contributed by atoms with Crippen molar-refractivity contribution in [3.8, 4) is 0 Å². The Morgan fingerprint density at radius 1 is 0.980 bits per heavy atom. The molecule has 0 aromatic carbocycles. The maximum absolute atomic E-state index is 14.2. The van der Waals surface area contributed by atoms with Gasteiger partial charge in [-0.1, -0.05) is 27.7 Å². The van der Waals surface area contributed by atoms with Crippen LogP contribution in [0.25, 0.3) is 0 Å². The Bertz CT molecular complexity index is 1180. The molecule has 49 heavy (non-hydrogen) atoms. The van der Waals surface area contributed by atoms with Gasteiger partial charge < -0.3 is 54.0 Å². The summed E-state index contributed by atoms with van der Waals surface area (Å²) in [7, 11) is 5.55. The van der Waals surface area contributed by atoms with Gasteiger partial charge in [-0.2, -0.15) is 0 Å². The molecule has 1 amide bonds. The molecule has 4 aliphatic heterocycles. The predicted octanol–water partition coefficient (Wildman–Crippen LogP) is 3.49. The van der Waals surface area contributed by atoms with Gasteiger partial charge in [-0.05, 0) is 74.1 Å². The third kappa shape index (κ3) is 8.33. The maximum Gasteiger partial charge on any atom is 0.225 e. The molecule has 16 atom stereocenters. The van der Waals surface area contributed by atoms with E-state index in [0.717, 1.165) is 5.57 Å². The zero-order valence-corrected chi connectivity index (χ0v) is 32.2. The highest BCUT2D eigenvalue weighted by Gasteiger charge is 2.55. The number of amides is 1. The van der Waals surface area contributed by atoms with Crippen molar-refractivity contribution in [2.45, 2.75) is 179 Å². The Morgan fingerprint density at radius 3 is 2.22 bits per heavy atom. The molecular formula is C37H66N2O10. The number of nitrogens with zero attached hydrogens (tertiary/aromatic N) is 1. The van der Waals surface area contributed by atoms with Gasteiger partial charge >= 0.3 is 0 Å². The number of ether oxygens (including phenoxy) is 6. The number of nitrogens with one attached hydrogen (secondary N) is 1. The number of likely N-dealkylation sites (N-methyl/N-ethyl adjacent to an activating group) is 1. The van der Waals surface area contributed by atoms with E-state index in [1.54, 1.807) is 21.0 Å². The summed E-state index contributed by atoms with van der Waals surface area (Å²) in [6, 6.07) is -0.953. The third-order valence-corrected chi connectivity index (χ3v) is 11.9. The van der Waals surface area contributed by atoms with E-state index in [0.29, 0.717) is 37.9 Å². The van der Waals surface area contributed by atoms with Gasteiger partial charge in [-0.3, -0.25) is 4.79 Å². The molecule has 12 heteroatoms. The smallest absolute Gasteiger partial charge is 0.225 e. The second-order valence-electron chi connectivity index (χ2n) is 16.5. The van der Waals surface area contributed by atoms with Crippen LogP contribution in [-0.4, -0.2) is 125 Å². The normalized spacial score (nSPS) is 48.8. The number of aliphatic hydroxyl groups is 3. The first-order valence-electron chi connectivity index (χ1n) is 18.3. The van der Waals surface area contributed by atoms with E-state index in [1.165, 1.54) is 0 Å². The van der Waals surface area contributed by atoms with Crippen molar-refractivity contribution in [1.29, 1.82) is 0 Å². The number of carbonyl (C=O) groups excluding carboxylic acids is 1. The Kier molecular flexibility index (Phi) is 12.6. The molecule has 12 nitrogen and oxygen atoms in total. The fraction of sp³-hybridized carbons (Fsp3) is 0.919. The van der Waals surface area contributed by atoms with E-state index >= 15 is 0 Å². The minimum atomic E-state index is -1.68. The molecule has 0 saturated carbocycles. The average Bonchev–Trinajstić information content (AvgIpc) is 3.34. The zero-order valence-electron chi connectivity index (χ0n) is 32.2. The van der Waals surface area contributed by atoms with E-state index in [9.17, 15) is 20.1 Å². The van der Waals surface area contributed by atoms with Crippen molar-refractivity contribution in [3.63, 3.8) is 0 Å². The quantitative estimate of drug-likeness (QED) is 0.310. The SMILES string of the molecule is CC[C@H]1NC(=O)[C@H](C)[C@@H](OC2C[C@@](C)(OC)C[C@H](C)O2)[C@H](C)[C@@H](OC2O[C@H](C)C[C@H](N(C)C)[C@H]2O)C2(C)CC(C)=C(O2)[C@H](C)[C@@H](O)[C@]1(C)O. The molecule has 3 fully saturated rings. The summed E-state index contributed by atoms with van der Waals surface area (Å²) < 4.78 is 39.1. The molecule has 4 N–H and O–H groups in total. The summed E-state index contributed by atoms with van der Waals surface area (Å²) in [4.78, 5) is 16.2. The van der Waals surface area contributed by atoms with Gasteiger partial charge in [-0.15, -0.1) is 0 Å². The summed E-state index contributed by atoms with van der Waals surface area (Å²) in [5.74, 6) is -1.60. The molecule has 0 spiro atoms. The molecule has 2 bridgehead atoms. The number of methoxy groups -OCH3 is 1. The predicted molar refractivity (Wildman–Crippen MR) is 184 cm³/mol. The Morgan fingerprint density at radius 2 is 1.63 bits per heavy atom. The van der Waals surface area contributed by atoms with Gasteiger partial charge in [-0.25, -0.2) is 0 Å². The Labute approximate surface area is 294 Å². The maximum atomic E-state index is 14.2. The Hall–Kier alpha value is -1.35. The molecule has 3 unspecified atom stereocenters. The van der Waals surface area contributed by atoms with Crippen LogP contribution in [0.1, 0.15) is 101 Å². The molecule has 4 aliphatic rings. The van der Waals surface area contributed by atoms with Crippen molar-refractivity contribution < 1.29 is 48.5 Å².